The van der Waals surface area contributed by atoms with Crippen molar-refractivity contribution < 1.29 is 13.3 Å². The van der Waals surface area contributed by atoms with Gasteiger partial charge in [-0.05, 0) is 24.3 Å². The molecule has 0 aliphatic heterocycles. The van der Waals surface area contributed by atoms with E-state index in [1.807, 2.05) is 0 Å². The summed E-state index contributed by atoms with van der Waals surface area (Å²) < 4.78 is 2.64. The Kier molecular flexibility index (Phi) is 13.5. The van der Waals surface area contributed by atoms with Crippen LogP contribution in [0.25, 0.3) is 0 Å². The Hall–Kier alpha value is 0.704. The summed E-state index contributed by atoms with van der Waals surface area (Å²) in [5.41, 5.74) is 0. The van der Waals surface area contributed by atoms with E-state index >= 15 is 0 Å². The van der Waals surface area contributed by atoms with Crippen molar-refractivity contribution in [2.24, 2.45) is 0 Å². The number of nitrogens with zero attached hydrogens (tertiary/aromatic N) is 2. The van der Waals surface area contributed by atoms with Crippen LogP contribution in [0.15, 0.2) is 48.8 Å². The molecule has 2 rings (SSSR count). The second-order valence-electron chi connectivity index (χ2n) is 2.77. The van der Waals surface area contributed by atoms with Crippen LogP contribution < -0.4 is 0 Å². The van der Waals surface area contributed by atoms with Crippen LogP contribution in [0.3, 0.4) is 0 Å². The zero-order chi connectivity index (χ0) is 12.0. The topological polar surface area (TPSA) is 50.3 Å². The Morgan fingerprint density at radius 3 is 1.33 bits per heavy atom. The van der Waals surface area contributed by atoms with Gasteiger partial charge in [-0.2, -0.15) is 9.46 Å². The minimum absolute atomic E-state index is 0. The second-order valence-corrected chi connectivity index (χ2v) is 3.60. The molecule has 0 spiro atoms. The molecule has 2 heterocycles. The summed E-state index contributed by atoms with van der Waals surface area (Å²) in [7, 11) is 0. The van der Waals surface area contributed by atoms with Crippen LogP contribution in [-0.2, 0) is 0 Å². The van der Waals surface area contributed by atoms with Crippen molar-refractivity contribution in [2.45, 2.75) is 0 Å². The van der Waals surface area contributed by atoms with Crippen molar-refractivity contribution in [3.63, 3.8) is 0 Å². The van der Waals surface area contributed by atoms with Crippen molar-refractivity contribution >= 4 is 96.1 Å². The van der Waals surface area contributed by atoms with Gasteiger partial charge in [0, 0.05) is 12.4 Å². The fraction of sp³-hybridized carbons (Fsp3) is 0. The first-order valence-electron chi connectivity index (χ1n) is 4.35. The molecule has 0 saturated heterocycles. The Labute approximate surface area is 174 Å². The molecule has 2 aromatic heterocycles. The van der Waals surface area contributed by atoms with Gasteiger partial charge >= 0.3 is 71.7 Å². The van der Waals surface area contributed by atoms with Gasteiger partial charge in [0.05, 0.1) is 0 Å². The third-order valence-electron chi connectivity index (χ3n) is 1.61. The van der Waals surface area contributed by atoms with Crippen LogP contribution in [0, 0.1) is 9.28 Å². The molecule has 0 fully saturated rings. The molecule has 0 atom stereocenters. The number of rotatable bonds is 0. The molecular weight excluding hydrogens is 541 g/mol. The van der Waals surface area contributed by atoms with Gasteiger partial charge in [0.25, 0.3) is 0 Å². The molecule has 96 valence electrons. The monoisotopic (exact) mass is 556 g/mol. The summed E-state index contributed by atoms with van der Waals surface area (Å²) in [6, 6.07) is 10.3. The molecule has 0 aliphatic carbocycles. The normalized spacial score (nSPS) is 8.00. The summed E-state index contributed by atoms with van der Waals surface area (Å²) in [4.78, 5) is 0. The molecular formula is C10H15BiN2O2S2Sr. The number of aromatic nitrogens is 2. The van der Waals surface area contributed by atoms with Crippen LogP contribution >= 0.6 is 24.4 Å². The third kappa shape index (κ3) is 7.99. The molecule has 0 aliphatic rings. The third-order valence-corrected chi connectivity index (χ3v) is 2.25. The van der Waals surface area contributed by atoms with Gasteiger partial charge < -0.3 is 13.3 Å². The summed E-state index contributed by atoms with van der Waals surface area (Å²) >= 11 is 9.33. The average Bonchev–Trinajstić information content (AvgIpc) is 2.28. The molecule has 18 heavy (non-hydrogen) atoms. The largest absolute Gasteiger partial charge is 2.00 e. The minimum Gasteiger partial charge on any atom is -1.00 e. The molecule has 0 aromatic carbocycles. The molecule has 2 N–H and O–H groups in total. The molecule has 8 heteroatoms. The van der Waals surface area contributed by atoms with Crippen LogP contribution in [0.2, 0.25) is 0 Å². The van der Waals surface area contributed by atoms with E-state index < -0.39 is 0 Å². The average molecular weight is 556 g/mol. The predicted molar refractivity (Wildman–Crippen MR) is 82.8 cm³/mol. The zero-order valence-corrected chi connectivity index (χ0v) is 20.2. The van der Waals surface area contributed by atoms with E-state index in [0.29, 0.717) is 9.28 Å². The van der Waals surface area contributed by atoms with Gasteiger partial charge in [-0.25, -0.2) is 0 Å². The van der Waals surface area contributed by atoms with Gasteiger partial charge in [0.2, 0.25) is 0 Å². The van der Waals surface area contributed by atoms with Crippen molar-refractivity contribution in [3.8, 4) is 0 Å². The summed E-state index contributed by atoms with van der Waals surface area (Å²) in [6.45, 7) is 0. The number of pyridine rings is 2. The molecule has 0 radical (unpaired) electrons. The Morgan fingerprint density at radius 1 is 0.833 bits per heavy atom. The molecule has 0 amide bonds. The van der Waals surface area contributed by atoms with Crippen LogP contribution in [0.4, 0.5) is 0 Å². The van der Waals surface area contributed by atoms with Crippen LogP contribution in [-0.4, -0.2) is 91.6 Å². The molecule has 0 bridgehead atoms. The van der Waals surface area contributed by atoms with E-state index in [-0.39, 0.29) is 74.5 Å². The fourth-order valence-corrected chi connectivity index (χ4v) is 1.12. The van der Waals surface area contributed by atoms with E-state index in [4.69, 9.17) is 10.4 Å². The van der Waals surface area contributed by atoms with E-state index in [0.717, 1.165) is 9.46 Å². The van der Waals surface area contributed by atoms with E-state index in [1.165, 1.54) is 12.4 Å². The second kappa shape index (κ2) is 11.5. The Balaban J connectivity index is -0.000000107. The molecule has 0 saturated carbocycles. The van der Waals surface area contributed by atoms with Crippen molar-refractivity contribution in [2.75, 3.05) is 0 Å². The van der Waals surface area contributed by atoms with E-state index in [2.05, 4.69) is 24.4 Å². The summed E-state index contributed by atoms with van der Waals surface area (Å²) in [5.74, 6) is 0. The first-order chi connectivity index (χ1) is 7.61. The zero-order valence-electron chi connectivity index (χ0n) is 11.6. The maximum Gasteiger partial charge on any atom is 2.00 e. The van der Waals surface area contributed by atoms with Gasteiger partial charge in [0.15, 0.2) is 0 Å². The minimum atomic E-state index is 0. The molecule has 2 aromatic rings. The van der Waals surface area contributed by atoms with Gasteiger partial charge in [0.1, 0.15) is 9.28 Å². The quantitative estimate of drug-likeness (QED) is 0.294. The first-order valence-corrected chi connectivity index (χ1v) is 5.17. The maximum absolute atomic E-state index is 8.73. The Bertz CT molecular complexity index is 532. The maximum atomic E-state index is 8.73. The van der Waals surface area contributed by atoms with Crippen molar-refractivity contribution in [1.82, 2.24) is 9.46 Å². The number of hydrogen-bond donors (Lipinski definition) is 2. The first kappa shape index (κ1) is 21.0. The standard InChI is InChI=1S/2C5H5NOS.Bi.Sr.5H/c2*7-6-4-2-1-3-5(6)8;;;;;;;/h2*1-4,7H;;;;;;;/q;;;+2;;;;2*-1. The van der Waals surface area contributed by atoms with E-state index in [9.17, 15) is 0 Å². The van der Waals surface area contributed by atoms with Crippen molar-refractivity contribution in [3.05, 3.63) is 58.1 Å². The van der Waals surface area contributed by atoms with Gasteiger partial charge in [-0.3, -0.25) is 0 Å². The van der Waals surface area contributed by atoms with Crippen molar-refractivity contribution in [1.29, 1.82) is 0 Å². The molecule has 4 nitrogen and oxygen atoms in total. The van der Waals surface area contributed by atoms with Crippen LogP contribution in [0.5, 0.6) is 0 Å². The Morgan fingerprint density at radius 2 is 1.17 bits per heavy atom. The molecule has 0 unspecified atom stereocenters. The van der Waals surface area contributed by atoms with Gasteiger partial charge in [-0.1, -0.05) is 36.6 Å². The van der Waals surface area contributed by atoms with Gasteiger partial charge in [-0.15, -0.1) is 0 Å². The van der Waals surface area contributed by atoms with E-state index in [1.54, 1.807) is 36.4 Å². The smallest absolute Gasteiger partial charge is 1.00 e. The summed E-state index contributed by atoms with van der Waals surface area (Å²) in [6.07, 6.45) is 2.98. The predicted octanol–water partition coefficient (Wildman–Crippen LogP) is 1.57. The summed E-state index contributed by atoms with van der Waals surface area (Å²) in [5, 5.41) is 17.5. The SMILES string of the molecule is On1ccccc1=S.On1ccccc1=S.[BiH3].[H-].[H-].[Sr+2]. The van der Waals surface area contributed by atoms with Crippen LogP contribution in [0.1, 0.15) is 2.85 Å². The number of hydrogen-bond acceptors (Lipinski definition) is 4. The fourth-order valence-electron chi connectivity index (χ4n) is 0.838.